The van der Waals surface area contributed by atoms with Crippen molar-refractivity contribution in [2.24, 2.45) is 11.8 Å². The fraction of sp³-hybridized carbons (Fsp3) is 0.536. The minimum absolute atomic E-state index is 0.0850. The molecule has 2 aromatic rings. The summed E-state index contributed by atoms with van der Waals surface area (Å²) in [6, 6.07) is 10.8. The highest BCUT2D eigenvalue weighted by Gasteiger charge is 2.42. The van der Waals surface area contributed by atoms with Crippen LogP contribution in [-0.4, -0.2) is 19.0 Å². The predicted molar refractivity (Wildman–Crippen MR) is 129 cm³/mol. The van der Waals surface area contributed by atoms with Crippen LogP contribution in [0.3, 0.4) is 0 Å². The third kappa shape index (κ3) is 6.30. The van der Waals surface area contributed by atoms with Crippen molar-refractivity contribution in [3.63, 3.8) is 0 Å². The number of hydrogen-bond acceptors (Lipinski definition) is 2. The minimum atomic E-state index is -4.97. The number of amides is 1. The monoisotopic (exact) mass is 526 g/mol. The van der Waals surface area contributed by atoms with Gasteiger partial charge in [0.25, 0.3) is 0 Å². The van der Waals surface area contributed by atoms with Crippen LogP contribution in [0.2, 0.25) is 0 Å². The predicted octanol–water partition coefficient (Wildman–Crippen LogP) is 7.03. The van der Waals surface area contributed by atoms with Crippen LogP contribution >= 0.6 is 0 Å². The maximum atomic E-state index is 13.4. The van der Waals surface area contributed by atoms with Gasteiger partial charge in [-0.25, -0.2) is 0 Å². The van der Waals surface area contributed by atoms with Crippen LogP contribution < -0.4 is 10.6 Å². The van der Waals surface area contributed by atoms with E-state index in [2.05, 4.69) is 10.6 Å². The number of halogens is 6. The van der Waals surface area contributed by atoms with Crippen LogP contribution in [0.1, 0.15) is 73.6 Å². The Morgan fingerprint density at radius 1 is 0.865 bits per heavy atom. The molecular weight excluding hydrogens is 494 g/mol. The van der Waals surface area contributed by atoms with Gasteiger partial charge in [-0.3, -0.25) is 4.79 Å². The molecule has 4 rings (SSSR count). The molecule has 0 radical (unpaired) electrons. The Hall–Kier alpha value is -2.55. The molecule has 202 valence electrons. The van der Waals surface area contributed by atoms with E-state index >= 15 is 0 Å². The van der Waals surface area contributed by atoms with Gasteiger partial charge in [0.05, 0.1) is 22.6 Å². The molecule has 1 heterocycles. The van der Waals surface area contributed by atoms with Crippen molar-refractivity contribution in [2.45, 2.75) is 69.3 Å². The van der Waals surface area contributed by atoms with E-state index in [1.165, 1.54) is 6.92 Å². The van der Waals surface area contributed by atoms with E-state index in [0.29, 0.717) is 36.8 Å². The molecule has 9 heteroatoms. The van der Waals surface area contributed by atoms with Crippen LogP contribution in [0.25, 0.3) is 0 Å². The molecule has 0 spiro atoms. The molecular formula is C28H32F6N2O. The van der Waals surface area contributed by atoms with Crippen molar-refractivity contribution < 1.29 is 31.1 Å². The highest BCUT2D eigenvalue weighted by molar-refractivity contribution is 5.84. The molecule has 37 heavy (non-hydrogen) atoms. The van der Waals surface area contributed by atoms with Crippen molar-refractivity contribution in [3.8, 4) is 0 Å². The Bertz CT molecular complexity index is 1040. The highest BCUT2D eigenvalue weighted by Crippen LogP contribution is 2.44. The van der Waals surface area contributed by atoms with E-state index in [1.54, 1.807) is 0 Å². The largest absolute Gasteiger partial charge is 0.416 e. The van der Waals surface area contributed by atoms with Crippen LogP contribution in [0.4, 0.5) is 26.3 Å². The first-order valence-electron chi connectivity index (χ1n) is 12.8. The second kappa shape index (κ2) is 10.7. The molecule has 1 aliphatic carbocycles. The second-order valence-electron chi connectivity index (χ2n) is 10.4. The van der Waals surface area contributed by atoms with Crippen molar-refractivity contribution in [2.75, 3.05) is 13.1 Å². The Kier molecular flexibility index (Phi) is 7.93. The van der Waals surface area contributed by atoms with Crippen molar-refractivity contribution in [1.29, 1.82) is 0 Å². The van der Waals surface area contributed by atoms with Gasteiger partial charge in [0.15, 0.2) is 0 Å². The lowest BCUT2D eigenvalue weighted by molar-refractivity contribution is -0.143. The summed E-state index contributed by atoms with van der Waals surface area (Å²) in [6.45, 7) is 3.34. The molecule has 1 atom stereocenters. The van der Waals surface area contributed by atoms with Gasteiger partial charge >= 0.3 is 12.4 Å². The topological polar surface area (TPSA) is 41.1 Å². The third-order valence-electron chi connectivity index (χ3n) is 8.13. The maximum Gasteiger partial charge on any atom is 0.416 e. The Morgan fingerprint density at radius 3 is 1.89 bits per heavy atom. The van der Waals surface area contributed by atoms with Gasteiger partial charge in [-0.05, 0) is 99.7 Å². The van der Waals surface area contributed by atoms with E-state index in [9.17, 15) is 31.1 Å². The molecule has 1 saturated carbocycles. The first-order valence-corrected chi connectivity index (χ1v) is 12.8. The minimum Gasteiger partial charge on any atom is -0.346 e. The summed E-state index contributed by atoms with van der Waals surface area (Å²) in [7, 11) is 0. The number of benzene rings is 2. The summed E-state index contributed by atoms with van der Waals surface area (Å²) < 4.78 is 80.2. The number of carbonyl (C=O) groups excluding carboxylic acids is 1. The molecule has 2 aliphatic rings. The molecule has 3 nitrogen and oxygen atoms in total. The average molecular weight is 527 g/mol. The summed E-state index contributed by atoms with van der Waals surface area (Å²) in [5, 5.41) is 6.45. The first-order chi connectivity index (χ1) is 17.4. The maximum absolute atomic E-state index is 13.4. The summed E-state index contributed by atoms with van der Waals surface area (Å²) >= 11 is 0. The smallest absolute Gasteiger partial charge is 0.346 e. The zero-order chi connectivity index (χ0) is 26.8. The van der Waals surface area contributed by atoms with Crippen LogP contribution in [0.5, 0.6) is 0 Å². The van der Waals surface area contributed by atoms with E-state index in [1.807, 2.05) is 30.3 Å². The molecule has 2 fully saturated rings. The van der Waals surface area contributed by atoms with Gasteiger partial charge in [-0.2, -0.15) is 26.3 Å². The van der Waals surface area contributed by atoms with Gasteiger partial charge < -0.3 is 10.6 Å². The lowest BCUT2D eigenvalue weighted by Crippen LogP contribution is -2.50. The standard InChI is InChI=1S/C28H32F6N2O/c1-18(21-15-23(27(29,30)31)17-24(16-21)28(32,33)34)25(37)36-26(22-5-3-2-4-6-22)11-7-19(8-12-26)20-9-13-35-14-10-20/h2-6,15-20,35H,7-14H2,1H3,(H,36,37). The van der Waals surface area contributed by atoms with Crippen LogP contribution in [-0.2, 0) is 22.7 Å². The fourth-order valence-corrected chi connectivity index (χ4v) is 5.89. The molecule has 2 aromatic carbocycles. The van der Waals surface area contributed by atoms with Crippen LogP contribution in [0, 0.1) is 11.8 Å². The van der Waals surface area contributed by atoms with Crippen LogP contribution in [0.15, 0.2) is 48.5 Å². The Morgan fingerprint density at radius 2 is 1.38 bits per heavy atom. The number of rotatable bonds is 5. The van der Waals surface area contributed by atoms with Gasteiger partial charge in [0.2, 0.25) is 5.91 Å². The molecule has 0 bridgehead atoms. The van der Waals surface area contributed by atoms with E-state index in [-0.39, 0.29) is 11.6 Å². The zero-order valence-corrected chi connectivity index (χ0v) is 20.7. The number of piperidine rings is 1. The Labute approximate surface area is 213 Å². The number of hydrogen-bond donors (Lipinski definition) is 2. The lowest BCUT2D eigenvalue weighted by atomic mass is 9.67. The molecule has 2 N–H and O–H groups in total. The third-order valence-corrected chi connectivity index (χ3v) is 8.13. The normalized spacial score (nSPS) is 24.5. The van der Waals surface area contributed by atoms with Gasteiger partial charge in [0.1, 0.15) is 0 Å². The first kappa shape index (κ1) is 27.5. The molecule has 1 amide bonds. The SMILES string of the molecule is CC(C(=O)NC1(c2ccccc2)CCC(C2CCNCC2)CC1)c1cc(C(F)(F)F)cc(C(F)(F)F)c1. The van der Waals surface area contributed by atoms with Gasteiger partial charge in [-0.15, -0.1) is 0 Å². The van der Waals surface area contributed by atoms with Crippen molar-refractivity contribution in [3.05, 3.63) is 70.8 Å². The summed E-state index contributed by atoms with van der Waals surface area (Å²) in [5.74, 6) is -0.635. The van der Waals surface area contributed by atoms with Gasteiger partial charge in [0, 0.05) is 0 Å². The highest BCUT2D eigenvalue weighted by atomic mass is 19.4. The summed E-state index contributed by atoms with van der Waals surface area (Å²) in [4.78, 5) is 13.4. The quantitative estimate of drug-likeness (QED) is 0.411. The second-order valence-corrected chi connectivity index (χ2v) is 10.4. The molecule has 1 unspecified atom stereocenters. The number of alkyl halides is 6. The number of nitrogens with one attached hydrogen (secondary N) is 2. The Balaban J connectivity index is 1.59. The molecule has 1 saturated heterocycles. The average Bonchev–Trinajstić information content (AvgIpc) is 2.88. The lowest BCUT2D eigenvalue weighted by Gasteiger charge is -2.44. The fourth-order valence-electron chi connectivity index (χ4n) is 5.89. The summed E-state index contributed by atoms with van der Waals surface area (Å²) in [5.41, 5.74) is -2.97. The zero-order valence-electron chi connectivity index (χ0n) is 20.7. The molecule has 1 aliphatic heterocycles. The van der Waals surface area contributed by atoms with Gasteiger partial charge in [-0.1, -0.05) is 30.3 Å². The van der Waals surface area contributed by atoms with E-state index in [0.717, 1.165) is 44.3 Å². The molecule has 0 aromatic heterocycles. The van der Waals surface area contributed by atoms with Crippen molar-refractivity contribution >= 4 is 5.91 Å². The summed E-state index contributed by atoms with van der Waals surface area (Å²) in [6.07, 6.45) is -4.57. The number of carbonyl (C=O) groups is 1. The van der Waals surface area contributed by atoms with E-state index < -0.39 is 40.8 Å². The van der Waals surface area contributed by atoms with Crippen molar-refractivity contribution in [1.82, 2.24) is 10.6 Å². The van der Waals surface area contributed by atoms with E-state index in [4.69, 9.17) is 0 Å².